The number of rotatable bonds is 3. The number of para-hydroxylation sites is 3. The van der Waals surface area contributed by atoms with Crippen molar-refractivity contribution in [1.29, 1.82) is 0 Å². The first-order chi connectivity index (χ1) is 20.9. The number of nitrogens with zero attached hydrogens (tertiary/aromatic N) is 2. The molecule has 2 nitrogen and oxygen atoms in total. The fraction of sp³-hybridized carbons (Fsp3) is 0.100. The van der Waals surface area contributed by atoms with Crippen LogP contribution in [0.5, 0.6) is 0 Å². The first kappa shape index (κ1) is 23.6. The highest BCUT2D eigenvalue weighted by Gasteiger charge is 2.23. The van der Waals surface area contributed by atoms with Gasteiger partial charge in [-0.3, -0.25) is 0 Å². The fourth-order valence-corrected chi connectivity index (χ4v) is 7.42. The Morgan fingerprint density at radius 3 is 2.26 bits per heavy atom. The molecule has 0 fully saturated rings. The van der Waals surface area contributed by atoms with Crippen LogP contribution in [-0.4, -0.2) is 9.13 Å². The third-order valence-corrected chi connectivity index (χ3v) is 9.29. The Bertz CT molecular complexity index is 2270. The predicted octanol–water partition coefficient (Wildman–Crippen LogP) is 10.7. The Balaban J connectivity index is 1.35. The van der Waals surface area contributed by atoms with Gasteiger partial charge in [-0.2, -0.15) is 0 Å². The second-order valence-electron chi connectivity index (χ2n) is 11.6. The molecule has 1 unspecified atom stereocenters. The molecular weight excluding hydrogens is 508 g/mol. The molecule has 2 heteroatoms. The van der Waals surface area contributed by atoms with Crippen LogP contribution in [0.4, 0.5) is 0 Å². The van der Waals surface area contributed by atoms with E-state index in [0.29, 0.717) is 5.92 Å². The van der Waals surface area contributed by atoms with Crippen LogP contribution in [0, 0.1) is 5.92 Å². The van der Waals surface area contributed by atoms with E-state index in [4.69, 9.17) is 0 Å². The zero-order valence-corrected chi connectivity index (χ0v) is 23.4. The Kier molecular flexibility index (Phi) is 5.18. The van der Waals surface area contributed by atoms with Crippen LogP contribution in [0.1, 0.15) is 19.3 Å². The molecule has 4 aromatic carbocycles. The summed E-state index contributed by atoms with van der Waals surface area (Å²) in [5, 5.41) is 5.20. The maximum atomic E-state index is 2.52. The molecule has 42 heavy (non-hydrogen) atoms. The van der Waals surface area contributed by atoms with Crippen LogP contribution in [0.25, 0.3) is 66.1 Å². The average molecular weight is 539 g/mol. The fourth-order valence-electron chi connectivity index (χ4n) is 7.42. The second-order valence-corrected chi connectivity index (χ2v) is 11.6. The smallest absolute Gasteiger partial charge is 0.0619 e. The molecule has 6 aromatic rings. The zero-order valence-electron chi connectivity index (χ0n) is 23.4. The summed E-state index contributed by atoms with van der Waals surface area (Å²) in [6.45, 7) is 0. The minimum atomic E-state index is 0.421. The highest BCUT2D eigenvalue weighted by Crippen LogP contribution is 2.43. The van der Waals surface area contributed by atoms with Gasteiger partial charge in [-0.05, 0) is 66.8 Å². The summed E-state index contributed by atoms with van der Waals surface area (Å²) in [7, 11) is 0. The summed E-state index contributed by atoms with van der Waals surface area (Å²) in [6, 6.07) is 31.6. The van der Waals surface area contributed by atoms with E-state index in [2.05, 4.69) is 149 Å². The highest BCUT2D eigenvalue weighted by molar-refractivity contribution is 6.16. The first-order valence-corrected chi connectivity index (χ1v) is 15.0. The van der Waals surface area contributed by atoms with E-state index in [0.717, 1.165) is 19.3 Å². The van der Waals surface area contributed by atoms with E-state index < -0.39 is 0 Å². The van der Waals surface area contributed by atoms with E-state index in [9.17, 15) is 0 Å². The number of allylic oxidation sites excluding steroid dienone is 12. The van der Waals surface area contributed by atoms with Gasteiger partial charge in [0.1, 0.15) is 0 Å². The molecule has 0 saturated heterocycles. The topological polar surface area (TPSA) is 9.86 Å². The van der Waals surface area contributed by atoms with Gasteiger partial charge in [-0.15, -0.1) is 0 Å². The predicted molar refractivity (Wildman–Crippen MR) is 179 cm³/mol. The lowest BCUT2D eigenvalue weighted by atomic mass is 9.86. The summed E-state index contributed by atoms with van der Waals surface area (Å²) in [6.07, 6.45) is 23.6. The van der Waals surface area contributed by atoms with Crippen molar-refractivity contribution in [2.24, 2.45) is 5.92 Å². The van der Waals surface area contributed by atoms with Crippen LogP contribution < -0.4 is 0 Å². The molecule has 0 N–H and O–H groups in total. The molecule has 200 valence electrons. The summed E-state index contributed by atoms with van der Waals surface area (Å²) in [5.41, 5.74) is 11.6. The van der Waals surface area contributed by atoms with Crippen LogP contribution in [-0.2, 0) is 0 Å². The molecule has 0 spiro atoms. The standard InChI is InChI=1S/C40H30N2/c1-2-14-29(15-3-1)41-37-21-8-7-18-33(37)35-26-28(24-25-39(35)41)31-19-11-20-34-32-17-6-9-22-38(32)42(40(31)34)36-23-10-13-27-12-4-5-16-30(27)36/h1-2,4-12,14,16-27H,3,13,15H2. The van der Waals surface area contributed by atoms with Gasteiger partial charge in [0.2, 0.25) is 0 Å². The third-order valence-electron chi connectivity index (χ3n) is 9.29. The lowest BCUT2D eigenvalue weighted by molar-refractivity contribution is 0.776. The van der Waals surface area contributed by atoms with Crippen LogP contribution in [0.3, 0.4) is 0 Å². The Hall–Kier alpha value is -5.08. The maximum Gasteiger partial charge on any atom is 0.0619 e. The second kappa shape index (κ2) is 9.22. The number of hydrogen-bond acceptors (Lipinski definition) is 0. The van der Waals surface area contributed by atoms with Gasteiger partial charge in [0.25, 0.3) is 0 Å². The van der Waals surface area contributed by atoms with Crippen molar-refractivity contribution in [2.75, 3.05) is 0 Å². The van der Waals surface area contributed by atoms with Crippen LogP contribution >= 0.6 is 0 Å². The summed E-state index contributed by atoms with van der Waals surface area (Å²) < 4.78 is 4.99. The number of fused-ring (bicyclic) bond motifs is 7. The van der Waals surface area contributed by atoms with E-state index in [1.165, 1.54) is 71.7 Å². The van der Waals surface area contributed by atoms with Gasteiger partial charge in [0.05, 0.1) is 22.1 Å². The Morgan fingerprint density at radius 2 is 1.40 bits per heavy atom. The van der Waals surface area contributed by atoms with Crippen LogP contribution in [0.15, 0.2) is 145 Å². The molecule has 2 heterocycles. The molecule has 0 saturated carbocycles. The van der Waals surface area contributed by atoms with Crippen molar-refractivity contribution in [3.63, 3.8) is 0 Å². The monoisotopic (exact) mass is 538 g/mol. The molecule has 9 rings (SSSR count). The Labute approximate surface area is 245 Å². The van der Waals surface area contributed by atoms with Gasteiger partial charge in [0.15, 0.2) is 0 Å². The normalized spacial score (nSPS) is 18.1. The molecule has 3 aliphatic rings. The molecule has 3 aliphatic carbocycles. The zero-order chi connectivity index (χ0) is 27.6. The van der Waals surface area contributed by atoms with Crippen LogP contribution in [0.2, 0.25) is 0 Å². The van der Waals surface area contributed by atoms with Gasteiger partial charge in [0, 0.05) is 44.4 Å². The number of hydrogen-bond donors (Lipinski definition) is 0. The van der Waals surface area contributed by atoms with Crippen molar-refractivity contribution >= 4 is 55.0 Å². The van der Waals surface area contributed by atoms with Gasteiger partial charge in [-0.1, -0.05) is 103 Å². The van der Waals surface area contributed by atoms with Gasteiger partial charge in [-0.25, -0.2) is 0 Å². The summed E-state index contributed by atoms with van der Waals surface area (Å²) in [4.78, 5) is 0. The molecule has 0 aliphatic heterocycles. The molecular formula is C40H30N2. The molecule has 2 aromatic heterocycles. The number of aromatic nitrogens is 2. The Morgan fingerprint density at radius 1 is 0.619 bits per heavy atom. The lowest BCUT2D eigenvalue weighted by Gasteiger charge is -2.24. The highest BCUT2D eigenvalue weighted by atomic mass is 15.0. The molecule has 0 radical (unpaired) electrons. The van der Waals surface area contributed by atoms with Crippen molar-refractivity contribution in [3.05, 3.63) is 145 Å². The quantitative estimate of drug-likeness (QED) is 0.212. The van der Waals surface area contributed by atoms with E-state index in [1.54, 1.807) is 0 Å². The SMILES string of the molecule is C1=CCCC(n2c3ccccc3c3cc(-c4cccc5c6ccccc6n(C6=C7C=CC=CC7CC=C6)c45)ccc32)=C1. The maximum absolute atomic E-state index is 2.52. The van der Waals surface area contributed by atoms with E-state index >= 15 is 0 Å². The summed E-state index contributed by atoms with van der Waals surface area (Å²) >= 11 is 0. The third kappa shape index (κ3) is 3.39. The van der Waals surface area contributed by atoms with E-state index in [-0.39, 0.29) is 0 Å². The summed E-state index contributed by atoms with van der Waals surface area (Å²) in [5.74, 6) is 0.421. The van der Waals surface area contributed by atoms with Crippen molar-refractivity contribution < 1.29 is 0 Å². The molecule has 0 bridgehead atoms. The first-order valence-electron chi connectivity index (χ1n) is 15.0. The largest absolute Gasteiger partial charge is 0.313 e. The molecule has 1 atom stereocenters. The minimum absolute atomic E-state index is 0.421. The number of benzene rings is 4. The molecule has 0 amide bonds. The minimum Gasteiger partial charge on any atom is -0.313 e. The van der Waals surface area contributed by atoms with E-state index in [1.807, 2.05) is 0 Å². The average Bonchev–Trinajstić information content (AvgIpc) is 3.58. The van der Waals surface area contributed by atoms with Crippen molar-refractivity contribution in [3.8, 4) is 11.1 Å². The van der Waals surface area contributed by atoms with Gasteiger partial charge >= 0.3 is 0 Å². The van der Waals surface area contributed by atoms with Gasteiger partial charge < -0.3 is 9.13 Å². The van der Waals surface area contributed by atoms with Crippen molar-refractivity contribution in [1.82, 2.24) is 9.13 Å². The lowest BCUT2D eigenvalue weighted by Crippen LogP contribution is -2.10. The van der Waals surface area contributed by atoms with Crippen molar-refractivity contribution in [2.45, 2.75) is 19.3 Å².